The van der Waals surface area contributed by atoms with Gasteiger partial charge in [0.25, 0.3) is 0 Å². The molecule has 0 radical (unpaired) electrons. The molecule has 88 valence electrons. The summed E-state index contributed by atoms with van der Waals surface area (Å²) in [7, 11) is 1.13. The molecule has 6 nitrogen and oxygen atoms in total. The van der Waals surface area contributed by atoms with E-state index in [1.165, 1.54) is 0 Å². The summed E-state index contributed by atoms with van der Waals surface area (Å²) < 4.78 is 26.5. The first-order valence-electron chi connectivity index (χ1n) is 4.21. The summed E-state index contributed by atoms with van der Waals surface area (Å²) in [6, 6.07) is 0. The quantitative estimate of drug-likeness (QED) is 0.774. The van der Waals surface area contributed by atoms with Crippen LogP contribution in [0.3, 0.4) is 0 Å². The summed E-state index contributed by atoms with van der Waals surface area (Å²) in [5.41, 5.74) is 0. The van der Waals surface area contributed by atoms with Crippen molar-refractivity contribution in [3.05, 3.63) is 11.6 Å². The lowest BCUT2D eigenvalue weighted by Gasteiger charge is -2.00. The molecule has 1 aromatic heterocycles. The maximum atomic E-state index is 13.2. The Morgan fingerprint density at radius 2 is 2.12 bits per heavy atom. The second-order valence-corrected chi connectivity index (χ2v) is 2.82. The van der Waals surface area contributed by atoms with Gasteiger partial charge in [0.2, 0.25) is 11.6 Å². The van der Waals surface area contributed by atoms with Gasteiger partial charge in [-0.25, -0.2) is 0 Å². The smallest absolute Gasteiger partial charge is 0.323 e. The third kappa shape index (κ3) is 2.50. The first-order valence-corrected chi connectivity index (χ1v) is 4.21. The van der Waals surface area contributed by atoms with Crippen LogP contribution in [-0.2, 0) is 20.7 Å². The third-order valence-electron chi connectivity index (χ3n) is 1.64. The summed E-state index contributed by atoms with van der Waals surface area (Å²) in [5.74, 6) is -4.70. The van der Waals surface area contributed by atoms with E-state index in [1.54, 1.807) is 0 Å². The number of rotatable bonds is 3. The van der Waals surface area contributed by atoms with Crippen molar-refractivity contribution in [2.45, 2.75) is 13.3 Å². The topological polar surface area (TPSA) is 86.0 Å². The average molecular weight is 232 g/mol. The second kappa shape index (κ2) is 4.65. The van der Waals surface area contributed by atoms with Crippen LogP contribution in [0.5, 0.6) is 11.7 Å². The summed E-state index contributed by atoms with van der Waals surface area (Å²) in [5, 5.41) is 8.93. The predicted molar refractivity (Wildman–Crippen MR) is 47.4 cm³/mol. The van der Waals surface area contributed by atoms with Crippen molar-refractivity contribution >= 4 is 11.9 Å². The highest BCUT2D eigenvalue weighted by Crippen LogP contribution is 2.33. The summed E-state index contributed by atoms with van der Waals surface area (Å²) >= 11 is 0. The van der Waals surface area contributed by atoms with E-state index in [4.69, 9.17) is 5.11 Å². The highest BCUT2D eigenvalue weighted by Gasteiger charge is 2.25. The van der Waals surface area contributed by atoms with Crippen LogP contribution in [0.25, 0.3) is 0 Å². The second-order valence-electron chi connectivity index (χ2n) is 2.82. The number of halogens is 1. The average Bonchev–Trinajstić information content (AvgIpc) is 2.45. The minimum Gasteiger partial charge on any atom is -0.478 e. The first kappa shape index (κ1) is 12.0. The Morgan fingerprint density at radius 1 is 1.50 bits per heavy atom. The van der Waals surface area contributed by atoms with Crippen LogP contribution >= 0.6 is 0 Å². The Hall–Kier alpha value is -2.05. The minimum absolute atomic E-state index is 0.308. The van der Waals surface area contributed by atoms with Crippen LogP contribution in [0.4, 0.5) is 4.39 Å². The van der Waals surface area contributed by atoms with Gasteiger partial charge in [-0.15, -0.1) is 0 Å². The lowest BCUT2D eigenvalue weighted by atomic mass is 10.3. The number of hydrogen-bond donors (Lipinski definition) is 1. The Balaban J connectivity index is 3.02. The molecule has 1 heterocycles. The number of carbonyl (C=O) groups excluding carboxylic acids is 2. The molecule has 16 heavy (non-hydrogen) atoms. The largest absolute Gasteiger partial charge is 0.478 e. The highest BCUT2D eigenvalue weighted by molar-refractivity contribution is 5.74. The van der Waals surface area contributed by atoms with E-state index in [0.29, 0.717) is 0 Å². The van der Waals surface area contributed by atoms with Gasteiger partial charge < -0.3 is 19.0 Å². The molecule has 1 N–H and O–H groups in total. The van der Waals surface area contributed by atoms with Gasteiger partial charge in [0.1, 0.15) is 6.42 Å². The van der Waals surface area contributed by atoms with Crippen LogP contribution in [-0.4, -0.2) is 24.2 Å². The molecular formula is C9H9FO6. The number of hydrogen-bond acceptors (Lipinski definition) is 6. The monoisotopic (exact) mass is 232 g/mol. The van der Waals surface area contributed by atoms with Crippen molar-refractivity contribution in [1.29, 1.82) is 0 Å². The molecule has 0 atom stereocenters. The van der Waals surface area contributed by atoms with Crippen LogP contribution in [0, 0.1) is 5.82 Å². The van der Waals surface area contributed by atoms with Crippen LogP contribution in [0.1, 0.15) is 12.7 Å². The van der Waals surface area contributed by atoms with E-state index in [0.717, 1.165) is 14.0 Å². The molecule has 0 aliphatic rings. The zero-order chi connectivity index (χ0) is 12.3. The Morgan fingerprint density at radius 3 is 2.62 bits per heavy atom. The number of carbonyl (C=O) groups is 2. The van der Waals surface area contributed by atoms with Crippen molar-refractivity contribution < 1.29 is 33.0 Å². The standard InChI is InChI=1S/C9H9FO6/c1-4(11)15-8-5(3-6(12)14-2)16-9(13)7(8)10/h13H,3H2,1-2H3. The molecule has 7 heteroatoms. The van der Waals surface area contributed by atoms with Crippen molar-refractivity contribution in [3.63, 3.8) is 0 Å². The molecule has 1 rings (SSSR count). The molecule has 0 amide bonds. The van der Waals surface area contributed by atoms with E-state index in [9.17, 15) is 14.0 Å². The number of aromatic hydroxyl groups is 1. The van der Waals surface area contributed by atoms with Gasteiger partial charge in [-0.3, -0.25) is 9.59 Å². The summed E-state index contributed by atoms with van der Waals surface area (Å²) in [6.45, 7) is 1.05. The predicted octanol–water partition coefficient (Wildman–Crippen LogP) is 0.765. The number of furan rings is 1. The fourth-order valence-electron chi connectivity index (χ4n) is 0.992. The van der Waals surface area contributed by atoms with Crippen LogP contribution in [0.2, 0.25) is 0 Å². The van der Waals surface area contributed by atoms with Crippen molar-refractivity contribution in [3.8, 4) is 11.7 Å². The van der Waals surface area contributed by atoms with Gasteiger partial charge in [-0.1, -0.05) is 0 Å². The third-order valence-corrected chi connectivity index (χ3v) is 1.64. The lowest BCUT2D eigenvalue weighted by Crippen LogP contribution is -2.08. The van der Waals surface area contributed by atoms with E-state index in [1.807, 2.05) is 0 Å². The fourth-order valence-corrected chi connectivity index (χ4v) is 0.992. The minimum atomic E-state index is -1.23. The van der Waals surface area contributed by atoms with Crippen LogP contribution in [0.15, 0.2) is 4.42 Å². The van der Waals surface area contributed by atoms with Gasteiger partial charge in [0, 0.05) is 6.92 Å². The lowest BCUT2D eigenvalue weighted by molar-refractivity contribution is -0.140. The Labute approximate surface area is 89.6 Å². The molecule has 0 unspecified atom stereocenters. The molecule has 0 bridgehead atoms. The van der Waals surface area contributed by atoms with Gasteiger partial charge >= 0.3 is 17.9 Å². The first-order chi connectivity index (χ1) is 7.45. The summed E-state index contributed by atoms with van der Waals surface area (Å²) in [6.07, 6.45) is -0.448. The van der Waals surface area contributed by atoms with Crippen molar-refractivity contribution in [2.24, 2.45) is 0 Å². The number of ether oxygens (including phenoxy) is 2. The fraction of sp³-hybridized carbons (Fsp3) is 0.333. The Kier molecular flexibility index (Phi) is 3.49. The maximum Gasteiger partial charge on any atom is 0.323 e. The molecule has 0 spiro atoms. The highest BCUT2D eigenvalue weighted by atomic mass is 19.1. The van der Waals surface area contributed by atoms with Crippen molar-refractivity contribution in [1.82, 2.24) is 0 Å². The molecule has 0 saturated carbocycles. The zero-order valence-corrected chi connectivity index (χ0v) is 8.57. The van der Waals surface area contributed by atoms with Gasteiger partial charge in [-0.05, 0) is 0 Å². The van der Waals surface area contributed by atoms with E-state index < -0.39 is 35.9 Å². The van der Waals surface area contributed by atoms with Crippen LogP contribution < -0.4 is 4.74 Å². The maximum absolute atomic E-state index is 13.2. The molecule has 0 aliphatic heterocycles. The Bertz CT molecular complexity index is 422. The van der Waals surface area contributed by atoms with Gasteiger partial charge in [0.15, 0.2) is 5.76 Å². The number of esters is 2. The molecular weight excluding hydrogens is 223 g/mol. The molecule has 0 saturated heterocycles. The van der Waals surface area contributed by atoms with Gasteiger partial charge in [0.05, 0.1) is 7.11 Å². The molecule has 0 fully saturated rings. The zero-order valence-electron chi connectivity index (χ0n) is 8.57. The molecule has 0 aromatic carbocycles. The normalized spacial score (nSPS) is 9.94. The number of methoxy groups -OCH3 is 1. The van der Waals surface area contributed by atoms with E-state index in [2.05, 4.69) is 13.9 Å². The molecule has 1 aromatic rings. The molecule has 0 aliphatic carbocycles. The van der Waals surface area contributed by atoms with Crippen molar-refractivity contribution in [2.75, 3.05) is 7.11 Å². The van der Waals surface area contributed by atoms with E-state index in [-0.39, 0.29) is 5.76 Å². The van der Waals surface area contributed by atoms with Gasteiger partial charge in [-0.2, -0.15) is 4.39 Å². The SMILES string of the molecule is COC(=O)Cc1oc(O)c(F)c1OC(C)=O. The van der Waals surface area contributed by atoms with E-state index >= 15 is 0 Å². The summed E-state index contributed by atoms with van der Waals surface area (Å²) in [4.78, 5) is 21.6.